The smallest absolute Gasteiger partial charge is 0.256 e. The van der Waals surface area contributed by atoms with Crippen LogP contribution in [0.1, 0.15) is 24.3 Å². The van der Waals surface area contributed by atoms with Gasteiger partial charge in [0.2, 0.25) is 0 Å². The molecule has 14 heavy (non-hydrogen) atoms. The molecule has 0 aliphatic carbocycles. The van der Waals surface area contributed by atoms with Crippen molar-refractivity contribution < 1.29 is 4.42 Å². The minimum atomic E-state index is 0.646. The van der Waals surface area contributed by atoms with Crippen LogP contribution in [0.3, 0.4) is 0 Å². The molecule has 1 saturated heterocycles. The molecular weight excluding hydrogens is 196 g/mol. The number of hydrogen-bond donors (Lipinski definition) is 1. The molecule has 1 fully saturated rings. The third-order valence-electron chi connectivity index (χ3n) is 2.58. The van der Waals surface area contributed by atoms with Gasteiger partial charge in [0.15, 0.2) is 0 Å². The average molecular weight is 212 g/mol. The number of nitrogens with one attached hydrogen (secondary N) is 1. The highest BCUT2D eigenvalue weighted by Gasteiger charge is 2.15. The standard InChI is InChI=1S/C10H16N2OS/c1-7-8(2)13-10(12-7)14-6-9-4-3-5-11-9/h9,11H,3-6H2,1-2H3. The highest BCUT2D eigenvalue weighted by molar-refractivity contribution is 7.99. The fraction of sp³-hybridized carbons (Fsp3) is 0.700. The summed E-state index contributed by atoms with van der Waals surface area (Å²) < 4.78 is 5.50. The van der Waals surface area contributed by atoms with Crippen molar-refractivity contribution in [3.63, 3.8) is 0 Å². The number of aromatic nitrogens is 1. The van der Waals surface area contributed by atoms with Crippen LogP contribution >= 0.6 is 11.8 Å². The summed E-state index contributed by atoms with van der Waals surface area (Å²) in [5.41, 5.74) is 1.01. The number of hydrogen-bond acceptors (Lipinski definition) is 4. The molecule has 2 rings (SSSR count). The molecule has 3 nitrogen and oxygen atoms in total. The van der Waals surface area contributed by atoms with Gasteiger partial charge in [-0.25, -0.2) is 4.98 Å². The van der Waals surface area contributed by atoms with Crippen molar-refractivity contribution in [2.45, 2.75) is 38.0 Å². The summed E-state index contributed by atoms with van der Waals surface area (Å²) in [6, 6.07) is 0.646. The molecule has 1 N–H and O–H groups in total. The third kappa shape index (κ3) is 2.30. The van der Waals surface area contributed by atoms with Crippen LogP contribution in [-0.2, 0) is 0 Å². The minimum Gasteiger partial charge on any atom is -0.437 e. The topological polar surface area (TPSA) is 38.1 Å². The summed E-state index contributed by atoms with van der Waals surface area (Å²) in [5, 5.41) is 4.27. The van der Waals surface area contributed by atoms with E-state index in [0.29, 0.717) is 6.04 Å². The number of oxazole rings is 1. The second kappa shape index (κ2) is 4.36. The van der Waals surface area contributed by atoms with E-state index in [2.05, 4.69) is 10.3 Å². The van der Waals surface area contributed by atoms with Crippen molar-refractivity contribution in [1.82, 2.24) is 10.3 Å². The second-order valence-corrected chi connectivity index (χ2v) is 4.70. The van der Waals surface area contributed by atoms with Crippen LogP contribution in [0.25, 0.3) is 0 Å². The molecule has 1 aliphatic rings. The Morgan fingerprint density at radius 2 is 2.43 bits per heavy atom. The van der Waals surface area contributed by atoms with Crippen molar-refractivity contribution in [2.75, 3.05) is 12.3 Å². The van der Waals surface area contributed by atoms with Gasteiger partial charge < -0.3 is 9.73 Å². The second-order valence-electron chi connectivity index (χ2n) is 3.73. The Labute approximate surface area is 88.7 Å². The molecule has 2 heterocycles. The molecule has 1 aromatic rings. The van der Waals surface area contributed by atoms with E-state index in [0.717, 1.165) is 29.0 Å². The van der Waals surface area contributed by atoms with E-state index in [1.165, 1.54) is 12.8 Å². The largest absolute Gasteiger partial charge is 0.437 e. The van der Waals surface area contributed by atoms with Crippen LogP contribution in [0.15, 0.2) is 9.64 Å². The SMILES string of the molecule is Cc1nc(SCC2CCCN2)oc1C. The Balaban J connectivity index is 1.85. The van der Waals surface area contributed by atoms with Gasteiger partial charge in [0, 0.05) is 11.8 Å². The molecule has 0 bridgehead atoms. The van der Waals surface area contributed by atoms with E-state index in [-0.39, 0.29) is 0 Å². The molecule has 1 atom stereocenters. The summed E-state index contributed by atoms with van der Waals surface area (Å²) in [5.74, 6) is 2.01. The van der Waals surface area contributed by atoms with Crippen molar-refractivity contribution >= 4 is 11.8 Å². The first-order chi connectivity index (χ1) is 6.75. The van der Waals surface area contributed by atoms with E-state index in [1.807, 2.05) is 13.8 Å². The Hall–Kier alpha value is -0.480. The zero-order valence-corrected chi connectivity index (χ0v) is 9.49. The minimum absolute atomic E-state index is 0.646. The molecule has 78 valence electrons. The van der Waals surface area contributed by atoms with Gasteiger partial charge in [0.25, 0.3) is 5.22 Å². The Kier molecular flexibility index (Phi) is 3.13. The molecule has 0 amide bonds. The Morgan fingerprint density at radius 3 is 3.00 bits per heavy atom. The summed E-state index contributed by atoms with van der Waals surface area (Å²) in [6.07, 6.45) is 2.58. The fourth-order valence-electron chi connectivity index (χ4n) is 1.58. The zero-order chi connectivity index (χ0) is 9.97. The first-order valence-corrected chi connectivity index (χ1v) is 6.04. The van der Waals surface area contributed by atoms with Gasteiger partial charge in [-0.05, 0) is 33.2 Å². The zero-order valence-electron chi connectivity index (χ0n) is 8.67. The van der Waals surface area contributed by atoms with Crippen LogP contribution in [0.2, 0.25) is 0 Å². The maximum atomic E-state index is 5.50. The predicted octanol–water partition coefficient (Wildman–Crippen LogP) is 2.14. The molecule has 1 aromatic heterocycles. The molecule has 0 radical (unpaired) electrons. The van der Waals surface area contributed by atoms with E-state index in [9.17, 15) is 0 Å². The molecule has 0 aromatic carbocycles. The summed E-state index contributed by atoms with van der Waals surface area (Å²) in [7, 11) is 0. The van der Waals surface area contributed by atoms with E-state index in [1.54, 1.807) is 11.8 Å². The average Bonchev–Trinajstić information content (AvgIpc) is 2.74. The van der Waals surface area contributed by atoms with Crippen LogP contribution in [-0.4, -0.2) is 23.3 Å². The number of thioether (sulfide) groups is 1. The lowest BCUT2D eigenvalue weighted by Gasteiger charge is -2.06. The van der Waals surface area contributed by atoms with Crippen LogP contribution in [0.4, 0.5) is 0 Å². The number of rotatable bonds is 3. The summed E-state index contributed by atoms with van der Waals surface area (Å²) >= 11 is 1.71. The molecule has 1 unspecified atom stereocenters. The molecule has 1 aliphatic heterocycles. The lowest BCUT2D eigenvalue weighted by molar-refractivity contribution is 0.430. The number of aryl methyl sites for hydroxylation is 2. The molecule has 4 heteroatoms. The van der Waals surface area contributed by atoms with Crippen LogP contribution in [0.5, 0.6) is 0 Å². The lowest BCUT2D eigenvalue weighted by Crippen LogP contribution is -2.23. The predicted molar refractivity (Wildman–Crippen MR) is 57.7 cm³/mol. The van der Waals surface area contributed by atoms with Gasteiger partial charge in [0.05, 0.1) is 5.69 Å². The molecule has 0 spiro atoms. The monoisotopic (exact) mass is 212 g/mol. The molecular formula is C10H16N2OS. The highest BCUT2D eigenvalue weighted by atomic mass is 32.2. The first-order valence-electron chi connectivity index (χ1n) is 5.06. The van der Waals surface area contributed by atoms with Gasteiger partial charge >= 0.3 is 0 Å². The van der Waals surface area contributed by atoms with Crippen molar-refractivity contribution in [1.29, 1.82) is 0 Å². The van der Waals surface area contributed by atoms with Gasteiger partial charge in [-0.1, -0.05) is 11.8 Å². The maximum absolute atomic E-state index is 5.50. The van der Waals surface area contributed by atoms with Crippen molar-refractivity contribution in [3.8, 4) is 0 Å². The normalized spacial score (nSPS) is 21.7. The van der Waals surface area contributed by atoms with E-state index >= 15 is 0 Å². The van der Waals surface area contributed by atoms with Crippen LogP contribution < -0.4 is 5.32 Å². The third-order valence-corrected chi connectivity index (χ3v) is 3.57. The van der Waals surface area contributed by atoms with Gasteiger partial charge in [-0.15, -0.1) is 0 Å². The van der Waals surface area contributed by atoms with Gasteiger partial charge in [-0.2, -0.15) is 0 Å². The maximum Gasteiger partial charge on any atom is 0.256 e. The summed E-state index contributed by atoms with van der Waals surface area (Å²) in [6.45, 7) is 5.10. The lowest BCUT2D eigenvalue weighted by atomic mass is 10.3. The van der Waals surface area contributed by atoms with Gasteiger partial charge in [-0.3, -0.25) is 0 Å². The Bertz CT molecular complexity index is 286. The fourth-order valence-corrected chi connectivity index (χ4v) is 2.59. The van der Waals surface area contributed by atoms with Crippen molar-refractivity contribution in [2.24, 2.45) is 0 Å². The van der Waals surface area contributed by atoms with E-state index in [4.69, 9.17) is 4.42 Å². The number of nitrogens with zero attached hydrogens (tertiary/aromatic N) is 1. The molecule has 0 saturated carbocycles. The van der Waals surface area contributed by atoms with Gasteiger partial charge in [0.1, 0.15) is 5.76 Å². The van der Waals surface area contributed by atoms with Crippen molar-refractivity contribution in [3.05, 3.63) is 11.5 Å². The Morgan fingerprint density at radius 1 is 1.57 bits per heavy atom. The van der Waals surface area contributed by atoms with Crippen LogP contribution in [0, 0.1) is 13.8 Å². The quantitative estimate of drug-likeness (QED) is 0.779. The first kappa shape index (κ1) is 10.1. The highest BCUT2D eigenvalue weighted by Crippen LogP contribution is 2.22. The summed E-state index contributed by atoms with van der Waals surface area (Å²) in [4.78, 5) is 4.34. The van der Waals surface area contributed by atoms with E-state index < -0.39 is 0 Å².